The van der Waals surface area contributed by atoms with E-state index in [1.54, 1.807) is 4.90 Å². The highest BCUT2D eigenvalue weighted by molar-refractivity contribution is 6.63. The van der Waals surface area contributed by atoms with Crippen molar-refractivity contribution in [2.24, 2.45) is 0 Å². The third kappa shape index (κ3) is 3.94. The molecule has 2 fully saturated rings. The van der Waals surface area contributed by atoms with Crippen LogP contribution in [0.25, 0.3) is 0 Å². The van der Waals surface area contributed by atoms with Crippen LogP contribution >= 0.6 is 0 Å². The minimum absolute atomic E-state index is 0.263. The number of likely N-dealkylation sites (tertiary alicyclic amines) is 1. The molecule has 2 heterocycles. The number of ether oxygens (including phenoxy) is 1. The van der Waals surface area contributed by atoms with Crippen molar-refractivity contribution < 1.29 is 18.8 Å². The Balaban J connectivity index is 1.65. The lowest BCUT2D eigenvalue weighted by atomic mass is 9.76. The summed E-state index contributed by atoms with van der Waals surface area (Å²) in [7, 11) is -0.469. The summed E-state index contributed by atoms with van der Waals surface area (Å²) in [5.74, 6) is 0.271. The molecule has 0 bridgehead atoms. The second-order valence-corrected chi connectivity index (χ2v) is 9.56. The van der Waals surface area contributed by atoms with E-state index in [1.807, 2.05) is 66.7 Å². The summed E-state index contributed by atoms with van der Waals surface area (Å²) in [5, 5.41) is 0. The molecular formula is C20H31BN2O4. The van der Waals surface area contributed by atoms with Crippen molar-refractivity contribution in [3.63, 3.8) is 0 Å². The minimum Gasteiger partial charge on any atom is -0.444 e. The summed E-state index contributed by atoms with van der Waals surface area (Å²) in [6.45, 7) is 15.0. The van der Waals surface area contributed by atoms with Crippen molar-refractivity contribution in [2.75, 3.05) is 18.8 Å². The van der Waals surface area contributed by atoms with E-state index in [9.17, 15) is 4.79 Å². The lowest BCUT2D eigenvalue weighted by Crippen LogP contribution is -2.50. The average Bonchev–Trinajstić information content (AvgIpc) is 2.63. The molecule has 1 amide bonds. The highest BCUT2D eigenvalue weighted by Gasteiger charge is 2.52. The topological polar surface area (TPSA) is 74.0 Å². The molecule has 0 spiro atoms. The standard InChI is InChI=1S/C20H31BN2O4/c1-18(2,3)25-17(24)23-11-14(12-23)13-8-9-15(16(22)10-13)21-26-19(4,5)20(6,7)27-21/h8-10,14H,11-12,22H2,1-7H3. The van der Waals surface area contributed by atoms with Crippen molar-refractivity contribution in [1.29, 1.82) is 0 Å². The normalized spacial score (nSPS) is 21.9. The number of amides is 1. The highest BCUT2D eigenvalue weighted by atomic mass is 16.7. The van der Waals surface area contributed by atoms with Gasteiger partial charge in [-0.25, -0.2) is 4.79 Å². The van der Waals surface area contributed by atoms with Gasteiger partial charge in [-0.2, -0.15) is 0 Å². The molecule has 0 aliphatic carbocycles. The molecule has 2 N–H and O–H groups in total. The van der Waals surface area contributed by atoms with Gasteiger partial charge in [0.25, 0.3) is 0 Å². The van der Waals surface area contributed by atoms with Gasteiger partial charge in [-0.05, 0) is 60.1 Å². The lowest BCUT2D eigenvalue weighted by molar-refractivity contribution is 0.00578. The monoisotopic (exact) mass is 374 g/mol. The van der Waals surface area contributed by atoms with E-state index in [-0.39, 0.29) is 12.0 Å². The number of nitrogens with zero attached hydrogens (tertiary/aromatic N) is 1. The molecule has 0 unspecified atom stereocenters. The number of anilines is 1. The molecule has 0 saturated carbocycles. The summed E-state index contributed by atoms with van der Waals surface area (Å²) >= 11 is 0. The summed E-state index contributed by atoms with van der Waals surface area (Å²) in [5.41, 5.74) is 7.66. The molecule has 2 saturated heterocycles. The number of carbonyl (C=O) groups excluding carboxylic acids is 1. The van der Waals surface area contributed by atoms with Gasteiger partial charge in [0.05, 0.1) is 11.2 Å². The van der Waals surface area contributed by atoms with Crippen LogP contribution in [0.15, 0.2) is 18.2 Å². The van der Waals surface area contributed by atoms with Crippen LogP contribution in [0, 0.1) is 0 Å². The van der Waals surface area contributed by atoms with Gasteiger partial charge in [0.1, 0.15) is 5.60 Å². The molecular weight excluding hydrogens is 343 g/mol. The van der Waals surface area contributed by atoms with Crippen molar-refractivity contribution >= 4 is 24.4 Å². The second-order valence-electron chi connectivity index (χ2n) is 9.56. The van der Waals surface area contributed by atoms with E-state index in [0.717, 1.165) is 11.0 Å². The Hall–Kier alpha value is -1.73. The van der Waals surface area contributed by atoms with Crippen molar-refractivity contribution in [1.82, 2.24) is 4.90 Å². The van der Waals surface area contributed by atoms with E-state index in [4.69, 9.17) is 19.8 Å². The number of hydrogen-bond donors (Lipinski definition) is 1. The van der Waals surface area contributed by atoms with E-state index >= 15 is 0 Å². The Morgan fingerprint density at radius 3 is 2.22 bits per heavy atom. The van der Waals surface area contributed by atoms with Crippen LogP contribution in [0.4, 0.5) is 10.5 Å². The van der Waals surface area contributed by atoms with Crippen LogP contribution in [-0.2, 0) is 14.0 Å². The average molecular weight is 374 g/mol. The Morgan fingerprint density at radius 1 is 1.19 bits per heavy atom. The first-order valence-electron chi connectivity index (χ1n) is 9.52. The van der Waals surface area contributed by atoms with Crippen molar-refractivity contribution in [3.05, 3.63) is 23.8 Å². The van der Waals surface area contributed by atoms with Crippen LogP contribution < -0.4 is 11.2 Å². The quantitative estimate of drug-likeness (QED) is 0.637. The molecule has 1 aromatic rings. The van der Waals surface area contributed by atoms with Crippen LogP contribution in [0.3, 0.4) is 0 Å². The van der Waals surface area contributed by atoms with Gasteiger partial charge in [0.2, 0.25) is 0 Å². The van der Waals surface area contributed by atoms with Crippen molar-refractivity contribution in [2.45, 2.75) is 71.2 Å². The fourth-order valence-corrected chi connectivity index (χ4v) is 3.20. The van der Waals surface area contributed by atoms with Gasteiger partial charge in [0.15, 0.2) is 0 Å². The zero-order valence-corrected chi connectivity index (χ0v) is 17.5. The molecule has 0 aromatic heterocycles. The van der Waals surface area contributed by atoms with Crippen LogP contribution in [0.5, 0.6) is 0 Å². The molecule has 0 atom stereocenters. The highest BCUT2D eigenvalue weighted by Crippen LogP contribution is 2.37. The fourth-order valence-electron chi connectivity index (χ4n) is 3.20. The smallest absolute Gasteiger partial charge is 0.444 e. The maximum atomic E-state index is 12.1. The zero-order valence-electron chi connectivity index (χ0n) is 17.5. The molecule has 2 aliphatic rings. The van der Waals surface area contributed by atoms with Crippen LogP contribution in [0.1, 0.15) is 59.9 Å². The Morgan fingerprint density at radius 2 is 1.74 bits per heavy atom. The maximum absolute atomic E-state index is 12.1. The van der Waals surface area contributed by atoms with E-state index < -0.39 is 23.9 Å². The van der Waals surface area contributed by atoms with Crippen LogP contribution in [-0.4, -0.2) is 48.0 Å². The SMILES string of the molecule is CC(C)(C)OC(=O)N1CC(c2ccc(B3OC(C)(C)C(C)(C)O3)c(N)c2)C1. The molecule has 1 aromatic carbocycles. The fraction of sp³-hybridized carbons (Fsp3) is 0.650. The number of carbonyl (C=O) groups is 1. The predicted octanol–water partition coefficient (Wildman–Crippen LogP) is 2.90. The summed E-state index contributed by atoms with van der Waals surface area (Å²) in [6, 6.07) is 5.99. The number of hydrogen-bond acceptors (Lipinski definition) is 5. The molecule has 6 nitrogen and oxygen atoms in total. The Kier molecular flexibility index (Phi) is 4.76. The third-order valence-electron chi connectivity index (χ3n) is 5.62. The van der Waals surface area contributed by atoms with Crippen LogP contribution in [0.2, 0.25) is 0 Å². The first-order valence-corrected chi connectivity index (χ1v) is 9.52. The number of benzene rings is 1. The maximum Gasteiger partial charge on any atom is 0.496 e. The third-order valence-corrected chi connectivity index (χ3v) is 5.62. The van der Waals surface area contributed by atoms with Gasteiger partial charge in [-0.1, -0.05) is 12.1 Å². The molecule has 3 rings (SSSR count). The number of rotatable bonds is 2. The van der Waals surface area contributed by atoms with E-state index in [1.165, 1.54) is 0 Å². The van der Waals surface area contributed by atoms with Gasteiger partial charge >= 0.3 is 13.2 Å². The lowest BCUT2D eigenvalue weighted by Gasteiger charge is -2.40. The molecule has 2 aliphatic heterocycles. The van der Waals surface area contributed by atoms with Crippen molar-refractivity contribution in [3.8, 4) is 0 Å². The first-order chi connectivity index (χ1) is 12.3. The van der Waals surface area contributed by atoms with Gasteiger partial charge < -0.3 is 24.7 Å². The summed E-state index contributed by atoms with van der Waals surface area (Å²) < 4.78 is 17.6. The van der Waals surface area contributed by atoms with Gasteiger partial charge in [-0.3, -0.25) is 0 Å². The Labute approximate surface area is 162 Å². The van der Waals surface area contributed by atoms with Gasteiger partial charge in [0, 0.05) is 30.2 Å². The largest absolute Gasteiger partial charge is 0.496 e. The molecule has 7 heteroatoms. The van der Waals surface area contributed by atoms with Gasteiger partial charge in [-0.15, -0.1) is 0 Å². The second kappa shape index (κ2) is 6.42. The summed E-state index contributed by atoms with van der Waals surface area (Å²) in [4.78, 5) is 13.8. The first kappa shape index (κ1) is 20.0. The minimum atomic E-state index is -0.475. The predicted molar refractivity (Wildman–Crippen MR) is 107 cm³/mol. The molecule has 0 radical (unpaired) electrons. The number of nitrogens with two attached hydrogens (primary N) is 1. The van der Waals surface area contributed by atoms with E-state index in [0.29, 0.717) is 18.8 Å². The molecule has 27 heavy (non-hydrogen) atoms. The zero-order chi connectivity index (χ0) is 20.2. The number of nitrogen functional groups attached to an aromatic ring is 1. The Bertz CT molecular complexity index is 720. The van der Waals surface area contributed by atoms with E-state index in [2.05, 4.69) is 0 Å². The summed E-state index contributed by atoms with van der Waals surface area (Å²) in [6.07, 6.45) is -0.263. The molecule has 148 valence electrons.